The number of methoxy groups -OCH3 is 1. The number of halogens is 2. The fraction of sp³-hybridized carbons (Fsp3) is 0.111. The van der Waals surface area contributed by atoms with E-state index in [1.165, 1.54) is 0 Å². The average Bonchev–Trinajstić information content (AvgIpc) is 3.05. The Morgan fingerprint density at radius 2 is 1.92 bits per heavy atom. The molecule has 0 bridgehead atoms. The number of hydrogen-bond donors (Lipinski definition) is 1. The number of ether oxygens (including phenoxy) is 2. The van der Waals surface area contributed by atoms with Crippen molar-refractivity contribution >= 4 is 41.4 Å². The molecule has 0 aliphatic carbocycles. The number of benzene rings is 2. The monoisotopic (exact) mass is 391 g/mol. The van der Waals surface area contributed by atoms with Crippen LogP contribution in [0.15, 0.2) is 40.8 Å². The van der Waals surface area contributed by atoms with Crippen LogP contribution in [0.3, 0.4) is 0 Å². The van der Waals surface area contributed by atoms with E-state index in [1.807, 2.05) is 18.2 Å². The van der Waals surface area contributed by atoms with Crippen molar-refractivity contribution in [1.29, 1.82) is 0 Å². The minimum atomic E-state index is 0.00332. The van der Waals surface area contributed by atoms with E-state index in [9.17, 15) is 0 Å². The van der Waals surface area contributed by atoms with Crippen molar-refractivity contribution in [3.8, 4) is 11.5 Å². The molecule has 2 aromatic carbocycles. The molecule has 26 heavy (non-hydrogen) atoms. The first-order valence-corrected chi connectivity index (χ1v) is 8.33. The topological polar surface area (TPSA) is 83.4 Å². The Bertz CT molecular complexity index is 941. The molecule has 3 aromatic rings. The summed E-state index contributed by atoms with van der Waals surface area (Å²) in [5, 5.41) is 8.37. The van der Waals surface area contributed by atoms with Crippen LogP contribution in [0.25, 0.3) is 12.2 Å². The van der Waals surface area contributed by atoms with Crippen LogP contribution >= 0.6 is 23.2 Å². The molecule has 0 saturated heterocycles. The highest BCUT2D eigenvalue weighted by Crippen LogP contribution is 2.37. The van der Waals surface area contributed by atoms with Gasteiger partial charge in [-0.15, -0.1) is 5.10 Å². The van der Waals surface area contributed by atoms with Gasteiger partial charge in [-0.3, -0.25) is 0 Å². The molecule has 0 unspecified atom stereocenters. The lowest BCUT2D eigenvalue weighted by atomic mass is 10.2. The van der Waals surface area contributed by atoms with E-state index in [1.54, 1.807) is 37.5 Å². The first-order valence-electron chi connectivity index (χ1n) is 7.57. The van der Waals surface area contributed by atoms with Crippen LogP contribution in [-0.2, 0) is 6.61 Å². The van der Waals surface area contributed by atoms with Crippen LogP contribution in [0, 0.1) is 0 Å². The highest BCUT2D eigenvalue weighted by Gasteiger charge is 2.12. The molecule has 0 saturated carbocycles. The van der Waals surface area contributed by atoms with Crippen molar-refractivity contribution in [2.24, 2.45) is 0 Å². The van der Waals surface area contributed by atoms with Crippen LogP contribution in [0.5, 0.6) is 11.5 Å². The molecule has 0 radical (unpaired) electrons. The van der Waals surface area contributed by atoms with Gasteiger partial charge in [-0.1, -0.05) is 46.5 Å². The minimum Gasteiger partial charge on any atom is -0.493 e. The lowest BCUT2D eigenvalue weighted by Gasteiger charge is -2.14. The average molecular weight is 392 g/mol. The van der Waals surface area contributed by atoms with Crippen molar-refractivity contribution in [2.75, 3.05) is 12.8 Å². The maximum Gasteiger partial charge on any atom is 0.313 e. The second kappa shape index (κ2) is 8.12. The van der Waals surface area contributed by atoms with E-state index in [-0.39, 0.29) is 18.5 Å². The quantitative estimate of drug-likeness (QED) is 0.654. The highest BCUT2D eigenvalue weighted by molar-refractivity contribution is 6.32. The summed E-state index contributed by atoms with van der Waals surface area (Å²) in [6, 6.07) is 11.0. The Morgan fingerprint density at radius 3 is 2.62 bits per heavy atom. The maximum atomic E-state index is 6.36. The standard InChI is InChI=1S/C18H15Cl2N3O3/c1-24-15-9-11(6-7-16-22-23-18(21)26-16)8-14(20)17(15)25-10-12-4-2-3-5-13(12)19/h2-9H,10H2,1H3,(H2,21,23)/b7-6+. The third kappa shape index (κ3) is 4.28. The van der Waals surface area contributed by atoms with Crippen LogP contribution in [0.1, 0.15) is 17.0 Å². The third-order valence-electron chi connectivity index (χ3n) is 3.46. The van der Waals surface area contributed by atoms with Gasteiger partial charge in [-0.2, -0.15) is 0 Å². The number of anilines is 1. The van der Waals surface area contributed by atoms with E-state index >= 15 is 0 Å². The first-order chi connectivity index (χ1) is 12.6. The van der Waals surface area contributed by atoms with Crippen LogP contribution in [0.2, 0.25) is 10.0 Å². The predicted molar refractivity (Wildman–Crippen MR) is 101 cm³/mol. The van der Waals surface area contributed by atoms with Gasteiger partial charge in [-0.25, -0.2) is 0 Å². The molecule has 0 amide bonds. The van der Waals surface area contributed by atoms with Crippen molar-refractivity contribution in [2.45, 2.75) is 6.61 Å². The molecule has 0 spiro atoms. The molecule has 0 fully saturated rings. The zero-order chi connectivity index (χ0) is 18.5. The van der Waals surface area contributed by atoms with Gasteiger partial charge in [0, 0.05) is 16.7 Å². The van der Waals surface area contributed by atoms with Gasteiger partial charge in [0.1, 0.15) is 6.61 Å². The normalized spacial score (nSPS) is 11.0. The molecule has 1 aromatic heterocycles. The van der Waals surface area contributed by atoms with Gasteiger partial charge in [0.2, 0.25) is 5.89 Å². The number of nitrogens with zero attached hydrogens (tertiary/aromatic N) is 2. The minimum absolute atomic E-state index is 0.00332. The summed E-state index contributed by atoms with van der Waals surface area (Å²) >= 11 is 12.5. The Kier molecular flexibility index (Phi) is 5.65. The number of aromatic nitrogens is 2. The Balaban J connectivity index is 1.81. The van der Waals surface area contributed by atoms with Crippen molar-refractivity contribution in [1.82, 2.24) is 10.2 Å². The van der Waals surface area contributed by atoms with Crippen molar-refractivity contribution in [3.63, 3.8) is 0 Å². The molecule has 0 atom stereocenters. The molecule has 0 aliphatic rings. The molecule has 134 valence electrons. The molecular formula is C18H15Cl2N3O3. The summed E-state index contributed by atoms with van der Waals surface area (Å²) in [6.07, 6.45) is 3.37. The van der Waals surface area contributed by atoms with E-state index in [0.717, 1.165) is 11.1 Å². The third-order valence-corrected chi connectivity index (χ3v) is 4.11. The zero-order valence-electron chi connectivity index (χ0n) is 13.8. The van der Waals surface area contributed by atoms with Gasteiger partial charge in [0.25, 0.3) is 0 Å². The second-order valence-electron chi connectivity index (χ2n) is 5.23. The SMILES string of the molecule is COc1cc(/C=C/c2nnc(N)o2)cc(Cl)c1OCc1ccccc1Cl. The van der Waals surface area contributed by atoms with Crippen LogP contribution in [-0.4, -0.2) is 17.3 Å². The Morgan fingerprint density at radius 1 is 1.12 bits per heavy atom. The smallest absolute Gasteiger partial charge is 0.313 e. The number of nitrogen functional groups attached to an aromatic ring is 1. The van der Waals surface area contributed by atoms with Crippen LogP contribution in [0.4, 0.5) is 6.01 Å². The van der Waals surface area contributed by atoms with Crippen molar-refractivity contribution < 1.29 is 13.9 Å². The van der Waals surface area contributed by atoms with Gasteiger partial charge in [0.15, 0.2) is 11.5 Å². The predicted octanol–water partition coefficient (Wildman–Crippen LogP) is 4.72. The zero-order valence-corrected chi connectivity index (χ0v) is 15.3. The Hall–Kier alpha value is -2.70. The van der Waals surface area contributed by atoms with Crippen molar-refractivity contribution in [3.05, 3.63) is 63.5 Å². The lowest BCUT2D eigenvalue weighted by molar-refractivity contribution is 0.285. The van der Waals surface area contributed by atoms with Crippen LogP contribution < -0.4 is 15.2 Å². The molecular weight excluding hydrogens is 377 g/mol. The van der Waals surface area contributed by atoms with E-state index in [2.05, 4.69) is 10.2 Å². The molecule has 1 heterocycles. The summed E-state index contributed by atoms with van der Waals surface area (Å²) in [6.45, 7) is 0.270. The fourth-order valence-corrected chi connectivity index (χ4v) is 2.69. The van der Waals surface area contributed by atoms with Gasteiger partial charge >= 0.3 is 6.01 Å². The van der Waals surface area contributed by atoms with Gasteiger partial charge in [-0.05, 0) is 29.8 Å². The summed E-state index contributed by atoms with van der Waals surface area (Å²) in [4.78, 5) is 0. The lowest BCUT2D eigenvalue weighted by Crippen LogP contribution is -1.99. The molecule has 8 heteroatoms. The summed E-state index contributed by atoms with van der Waals surface area (Å²) in [7, 11) is 1.54. The number of nitrogens with two attached hydrogens (primary N) is 1. The molecule has 0 aliphatic heterocycles. The van der Waals surface area contributed by atoms with E-state index < -0.39 is 0 Å². The maximum absolute atomic E-state index is 6.36. The van der Waals surface area contributed by atoms with Gasteiger partial charge < -0.3 is 19.6 Å². The highest BCUT2D eigenvalue weighted by atomic mass is 35.5. The van der Waals surface area contributed by atoms with E-state index in [4.69, 9.17) is 42.8 Å². The summed E-state index contributed by atoms with van der Waals surface area (Å²) in [5.74, 6) is 1.22. The second-order valence-corrected chi connectivity index (χ2v) is 6.04. The Labute approximate surface area is 160 Å². The summed E-state index contributed by atoms with van der Waals surface area (Å²) < 4.78 is 16.3. The van der Waals surface area contributed by atoms with E-state index in [0.29, 0.717) is 21.5 Å². The number of rotatable bonds is 6. The first kappa shape index (κ1) is 18.1. The largest absolute Gasteiger partial charge is 0.493 e. The molecule has 2 N–H and O–H groups in total. The molecule has 3 rings (SSSR count). The number of hydrogen-bond acceptors (Lipinski definition) is 6. The fourth-order valence-electron chi connectivity index (χ4n) is 2.22. The van der Waals surface area contributed by atoms with Gasteiger partial charge in [0.05, 0.1) is 12.1 Å². The molecule has 6 nitrogen and oxygen atoms in total. The summed E-state index contributed by atoms with van der Waals surface area (Å²) in [5.41, 5.74) is 7.01.